The first-order chi connectivity index (χ1) is 18.0. The molecule has 3 aromatic rings. The molecule has 3 aromatic carbocycles. The third-order valence-electron chi connectivity index (χ3n) is 6.23. The summed E-state index contributed by atoms with van der Waals surface area (Å²) in [5.41, 5.74) is 3.53. The Morgan fingerprint density at radius 2 is 1.53 bits per heavy atom. The molecule has 38 heavy (non-hydrogen) atoms. The van der Waals surface area contributed by atoms with Crippen molar-refractivity contribution < 1.29 is 18.0 Å². The number of nitrogens with one attached hydrogen (secondary N) is 1. The van der Waals surface area contributed by atoms with Crippen molar-refractivity contribution in [2.75, 3.05) is 23.7 Å². The lowest BCUT2D eigenvalue weighted by Crippen LogP contribution is -2.53. The van der Waals surface area contributed by atoms with Crippen LogP contribution in [0.2, 0.25) is 5.02 Å². The number of nitrogens with zero attached hydrogens (tertiary/aromatic N) is 2. The lowest BCUT2D eigenvalue weighted by Gasteiger charge is -2.34. The second-order valence-electron chi connectivity index (χ2n) is 9.26. The lowest BCUT2D eigenvalue weighted by molar-refractivity contribution is -0.140. The summed E-state index contributed by atoms with van der Waals surface area (Å²) in [6, 6.07) is 21.1. The third-order valence-corrected chi connectivity index (χ3v) is 7.58. The highest BCUT2D eigenvalue weighted by Crippen LogP contribution is 2.27. The van der Waals surface area contributed by atoms with Crippen LogP contribution < -0.4 is 9.62 Å². The summed E-state index contributed by atoms with van der Waals surface area (Å²) in [5, 5.41) is 3.34. The first-order valence-electron chi connectivity index (χ1n) is 12.4. The van der Waals surface area contributed by atoms with E-state index in [1.807, 2.05) is 75.4 Å². The number of aryl methyl sites for hydroxylation is 2. The number of anilines is 1. The van der Waals surface area contributed by atoms with Gasteiger partial charge in [-0.05, 0) is 55.2 Å². The maximum absolute atomic E-state index is 14.0. The van der Waals surface area contributed by atoms with Gasteiger partial charge in [0.05, 0.1) is 11.9 Å². The van der Waals surface area contributed by atoms with Crippen LogP contribution in [0.5, 0.6) is 0 Å². The summed E-state index contributed by atoms with van der Waals surface area (Å²) in [6.45, 7) is 5.45. The van der Waals surface area contributed by atoms with Crippen molar-refractivity contribution in [2.45, 2.75) is 39.8 Å². The van der Waals surface area contributed by atoms with Gasteiger partial charge in [-0.3, -0.25) is 13.9 Å². The monoisotopic (exact) mass is 555 g/mol. The summed E-state index contributed by atoms with van der Waals surface area (Å²) in [6.07, 6.45) is 1.35. The zero-order chi connectivity index (χ0) is 27.9. The second kappa shape index (κ2) is 12.9. The summed E-state index contributed by atoms with van der Waals surface area (Å²) in [7, 11) is -3.82. The Labute approximate surface area is 230 Å². The normalized spacial score (nSPS) is 12.0. The lowest BCUT2D eigenvalue weighted by atomic mass is 10.0. The SMILES string of the molecule is CCNC(=O)[C@@H](Cc1ccccc1)N(Cc1cccc(Cl)c1)C(=O)CN(c1c(C)cccc1C)S(C)(=O)=O. The van der Waals surface area contributed by atoms with E-state index >= 15 is 0 Å². The summed E-state index contributed by atoms with van der Waals surface area (Å²) < 4.78 is 27.0. The Bertz CT molecular complexity index is 1360. The van der Waals surface area contributed by atoms with Crippen LogP contribution in [0.15, 0.2) is 72.8 Å². The third kappa shape index (κ3) is 7.58. The van der Waals surface area contributed by atoms with Crippen molar-refractivity contribution >= 4 is 39.1 Å². The van der Waals surface area contributed by atoms with Crippen molar-refractivity contribution in [3.8, 4) is 0 Å². The number of carbonyl (C=O) groups is 2. The molecule has 0 heterocycles. The minimum absolute atomic E-state index is 0.0817. The maximum Gasteiger partial charge on any atom is 0.244 e. The van der Waals surface area contributed by atoms with Crippen LogP contribution in [0.25, 0.3) is 0 Å². The zero-order valence-corrected chi connectivity index (χ0v) is 23.7. The van der Waals surface area contributed by atoms with Crippen LogP contribution >= 0.6 is 11.6 Å². The number of carbonyl (C=O) groups excluding carboxylic acids is 2. The van der Waals surface area contributed by atoms with Crippen LogP contribution in [0.4, 0.5) is 5.69 Å². The van der Waals surface area contributed by atoms with Gasteiger partial charge in [-0.2, -0.15) is 0 Å². The zero-order valence-electron chi connectivity index (χ0n) is 22.1. The predicted octanol–water partition coefficient (Wildman–Crippen LogP) is 4.50. The van der Waals surface area contributed by atoms with Crippen molar-refractivity contribution in [1.29, 1.82) is 0 Å². The molecule has 3 rings (SSSR count). The van der Waals surface area contributed by atoms with E-state index in [-0.39, 0.29) is 18.9 Å². The molecule has 0 spiro atoms. The molecule has 202 valence electrons. The van der Waals surface area contributed by atoms with E-state index in [1.54, 1.807) is 18.2 Å². The average molecular weight is 556 g/mol. The molecule has 9 heteroatoms. The molecule has 0 aliphatic carbocycles. The average Bonchev–Trinajstić information content (AvgIpc) is 2.85. The first-order valence-corrected chi connectivity index (χ1v) is 14.6. The molecule has 0 unspecified atom stereocenters. The van der Waals surface area contributed by atoms with Crippen molar-refractivity contribution in [2.24, 2.45) is 0 Å². The van der Waals surface area contributed by atoms with Gasteiger partial charge in [0, 0.05) is 24.5 Å². The number of halogens is 1. The van der Waals surface area contributed by atoms with Crippen molar-refractivity contribution in [3.63, 3.8) is 0 Å². The van der Waals surface area contributed by atoms with E-state index < -0.39 is 28.5 Å². The number of hydrogen-bond acceptors (Lipinski definition) is 4. The summed E-state index contributed by atoms with van der Waals surface area (Å²) in [4.78, 5) is 28.8. The van der Waals surface area contributed by atoms with Gasteiger partial charge < -0.3 is 10.2 Å². The van der Waals surface area contributed by atoms with Crippen molar-refractivity contribution in [1.82, 2.24) is 10.2 Å². The first kappa shape index (κ1) is 29.2. The molecule has 0 aliphatic rings. The van der Waals surface area contributed by atoms with Crippen molar-refractivity contribution in [3.05, 3.63) is 100 Å². The molecule has 0 aromatic heterocycles. The van der Waals surface area contributed by atoms with Crippen LogP contribution in [0.1, 0.15) is 29.2 Å². The minimum Gasteiger partial charge on any atom is -0.355 e. The molecule has 0 saturated carbocycles. The molecule has 1 N–H and O–H groups in total. The van der Waals surface area contributed by atoms with Gasteiger partial charge in [0.2, 0.25) is 21.8 Å². The van der Waals surface area contributed by atoms with E-state index in [2.05, 4.69) is 5.32 Å². The molecular formula is C29H34ClN3O4S. The molecule has 7 nitrogen and oxygen atoms in total. The number of benzene rings is 3. The fourth-order valence-corrected chi connectivity index (χ4v) is 5.63. The van der Waals surface area contributed by atoms with E-state index in [1.165, 1.54) is 4.90 Å². The summed E-state index contributed by atoms with van der Waals surface area (Å²) in [5.74, 6) is -0.810. The Balaban J connectivity index is 2.08. The predicted molar refractivity (Wildman–Crippen MR) is 153 cm³/mol. The minimum atomic E-state index is -3.82. The largest absolute Gasteiger partial charge is 0.355 e. The van der Waals surface area contributed by atoms with Gasteiger partial charge >= 0.3 is 0 Å². The Kier molecular flexibility index (Phi) is 9.94. The number of rotatable bonds is 11. The quantitative estimate of drug-likeness (QED) is 0.377. The molecule has 0 radical (unpaired) electrons. The van der Waals surface area contributed by atoms with E-state index in [9.17, 15) is 18.0 Å². The Hall–Kier alpha value is -3.36. The van der Waals surface area contributed by atoms with Gasteiger partial charge in [-0.25, -0.2) is 8.42 Å². The number of amides is 2. The second-order valence-corrected chi connectivity index (χ2v) is 11.6. The van der Waals surface area contributed by atoms with Crippen LogP contribution in [0.3, 0.4) is 0 Å². The van der Waals surface area contributed by atoms with Gasteiger partial charge in [0.15, 0.2) is 0 Å². The highest BCUT2D eigenvalue weighted by atomic mass is 35.5. The van der Waals surface area contributed by atoms with Gasteiger partial charge in [-0.1, -0.05) is 72.3 Å². The topological polar surface area (TPSA) is 86.8 Å². The molecule has 0 fully saturated rings. The van der Waals surface area contributed by atoms with Gasteiger partial charge in [0.25, 0.3) is 0 Å². The summed E-state index contributed by atoms with van der Waals surface area (Å²) >= 11 is 6.22. The number of likely N-dealkylation sites (N-methyl/N-ethyl adjacent to an activating group) is 1. The maximum atomic E-state index is 14.0. The molecule has 0 saturated heterocycles. The smallest absolute Gasteiger partial charge is 0.244 e. The molecule has 2 amide bonds. The van der Waals surface area contributed by atoms with E-state index in [0.717, 1.165) is 32.8 Å². The van der Waals surface area contributed by atoms with E-state index in [4.69, 9.17) is 11.6 Å². The fraction of sp³-hybridized carbons (Fsp3) is 0.310. The standard InChI is InChI=1S/C29H34ClN3O4S/c1-5-31-29(35)26(18-23-13-7-6-8-14-23)32(19-24-15-10-16-25(30)17-24)27(34)20-33(38(4,36)37)28-21(2)11-9-12-22(28)3/h6-17,26H,5,18-20H2,1-4H3,(H,31,35)/t26-/m1/s1. The fourth-order valence-electron chi connectivity index (χ4n) is 4.45. The molecule has 0 aliphatic heterocycles. The van der Waals surface area contributed by atoms with Crippen LogP contribution in [-0.2, 0) is 32.6 Å². The van der Waals surface area contributed by atoms with Crippen LogP contribution in [-0.4, -0.2) is 50.5 Å². The number of para-hydroxylation sites is 1. The molecule has 1 atom stereocenters. The highest BCUT2D eigenvalue weighted by Gasteiger charge is 2.33. The number of sulfonamides is 1. The highest BCUT2D eigenvalue weighted by molar-refractivity contribution is 7.92. The van der Waals surface area contributed by atoms with Crippen LogP contribution in [0, 0.1) is 13.8 Å². The van der Waals surface area contributed by atoms with E-state index in [0.29, 0.717) is 17.3 Å². The number of hydrogen-bond donors (Lipinski definition) is 1. The molecular weight excluding hydrogens is 522 g/mol. The Morgan fingerprint density at radius 3 is 2.11 bits per heavy atom. The van der Waals surface area contributed by atoms with Gasteiger partial charge in [0.1, 0.15) is 12.6 Å². The molecule has 0 bridgehead atoms. The Morgan fingerprint density at radius 1 is 0.921 bits per heavy atom. The van der Waals surface area contributed by atoms with Gasteiger partial charge in [-0.15, -0.1) is 0 Å².